The Kier molecular flexibility index (Phi) is 6.27. The lowest BCUT2D eigenvalue weighted by molar-refractivity contribution is -0.120. The summed E-state index contributed by atoms with van der Waals surface area (Å²) in [6.45, 7) is 3.90. The molecule has 5 nitrogen and oxygen atoms in total. The fraction of sp³-hybridized carbons (Fsp3) is 0.333. The summed E-state index contributed by atoms with van der Waals surface area (Å²) in [7, 11) is 0. The Morgan fingerprint density at radius 3 is 2.65 bits per heavy atom. The van der Waals surface area contributed by atoms with Crippen molar-refractivity contribution in [2.24, 2.45) is 0 Å². The van der Waals surface area contributed by atoms with E-state index in [9.17, 15) is 9.59 Å². The molecule has 0 fully saturated rings. The van der Waals surface area contributed by atoms with Crippen molar-refractivity contribution in [3.63, 3.8) is 0 Å². The third-order valence-corrected chi connectivity index (χ3v) is 2.43. The molecule has 0 atom stereocenters. The predicted molar refractivity (Wildman–Crippen MR) is 76.2 cm³/mol. The topological polar surface area (TPSA) is 78.4 Å². The van der Waals surface area contributed by atoms with Crippen LogP contribution < -0.4 is 10.6 Å². The van der Waals surface area contributed by atoms with Gasteiger partial charge in [-0.2, -0.15) is 0 Å². The molecule has 0 spiro atoms. The van der Waals surface area contributed by atoms with Gasteiger partial charge in [0.1, 0.15) is 6.61 Å². The molecule has 0 saturated heterocycles. The van der Waals surface area contributed by atoms with Gasteiger partial charge in [-0.1, -0.05) is 11.8 Å². The number of likely N-dealkylation sites (N-methyl/N-ethyl adjacent to an activating group) is 1. The molecule has 0 aliphatic rings. The van der Waals surface area contributed by atoms with Gasteiger partial charge in [0, 0.05) is 17.7 Å². The number of amides is 2. The van der Waals surface area contributed by atoms with Crippen LogP contribution in [0, 0.1) is 18.8 Å². The minimum atomic E-state index is -0.327. The van der Waals surface area contributed by atoms with Gasteiger partial charge in [-0.25, -0.2) is 0 Å². The smallest absolute Gasteiger partial charge is 0.251 e. The highest BCUT2D eigenvalue weighted by molar-refractivity contribution is 5.96. The third kappa shape index (κ3) is 5.12. The van der Waals surface area contributed by atoms with Crippen molar-refractivity contribution in [1.29, 1.82) is 0 Å². The fourth-order valence-corrected chi connectivity index (χ4v) is 1.65. The average molecular weight is 274 g/mol. The number of benzene rings is 1. The Morgan fingerprint density at radius 2 is 2.00 bits per heavy atom. The van der Waals surface area contributed by atoms with Crippen LogP contribution in [0.1, 0.15) is 28.4 Å². The van der Waals surface area contributed by atoms with E-state index in [1.54, 1.807) is 12.1 Å². The maximum atomic E-state index is 11.9. The van der Waals surface area contributed by atoms with E-state index in [-0.39, 0.29) is 25.0 Å². The number of nitrogens with one attached hydrogen (secondary N) is 2. The summed E-state index contributed by atoms with van der Waals surface area (Å²) < 4.78 is 0. The van der Waals surface area contributed by atoms with Crippen LogP contribution in [0.15, 0.2) is 18.2 Å². The van der Waals surface area contributed by atoms with E-state index in [4.69, 9.17) is 5.11 Å². The Hall–Kier alpha value is -2.32. The van der Waals surface area contributed by atoms with Crippen LogP contribution in [0.3, 0.4) is 0 Å². The summed E-state index contributed by atoms with van der Waals surface area (Å²) in [6, 6.07) is 5.17. The van der Waals surface area contributed by atoms with Gasteiger partial charge in [-0.3, -0.25) is 9.59 Å². The van der Waals surface area contributed by atoms with E-state index >= 15 is 0 Å². The van der Waals surface area contributed by atoms with Crippen LogP contribution in [0.2, 0.25) is 0 Å². The largest absolute Gasteiger partial charge is 0.384 e. The zero-order valence-corrected chi connectivity index (χ0v) is 11.6. The van der Waals surface area contributed by atoms with Crippen molar-refractivity contribution >= 4 is 11.8 Å². The molecule has 3 N–H and O–H groups in total. The number of carbonyl (C=O) groups excluding carboxylic acids is 2. The minimum absolute atomic E-state index is 0.0573. The molecule has 0 unspecified atom stereocenters. The standard InChI is InChI=1S/C15H18N2O3/c1-3-16-14(19)10-17-15(20)13-8-11(2)7-12(9-13)5-4-6-18/h7-9,18H,3,6,10H2,1-2H3,(H,16,19)(H,17,20). The van der Waals surface area contributed by atoms with Crippen molar-refractivity contribution < 1.29 is 14.7 Å². The molecule has 1 rings (SSSR count). The van der Waals surface area contributed by atoms with E-state index in [1.807, 2.05) is 19.9 Å². The highest BCUT2D eigenvalue weighted by Crippen LogP contribution is 2.09. The molecule has 5 heteroatoms. The Labute approximate surface area is 118 Å². The molecular formula is C15H18N2O3. The first kappa shape index (κ1) is 15.7. The van der Waals surface area contributed by atoms with Gasteiger partial charge in [0.2, 0.25) is 5.91 Å². The molecule has 0 aliphatic carbocycles. The Bertz CT molecular complexity index is 556. The zero-order chi connectivity index (χ0) is 15.0. The first-order valence-corrected chi connectivity index (χ1v) is 6.33. The molecule has 106 valence electrons. The van der Waals surface area contributed by atoms with E-state index in [0.29, 0.717) is 17.7 Å². The highest BCUT2D eigenvalue weighted by Gasteiger charge is 2.08. The van der Waals surface area contributed by atoms with Crippen molar-refractivity contribution in [1.82, 2.24) is 10.6 Å². The molecule has 0 radical (unpaired) electrons. The summed E-state index contributed by atoms with van der Waals surface area (Å²) >= 11 is 0. The minimum Gasteiger partial charge on any atom is -0.384 e. The summed E-state index contributed by atoms with van der Waals surface area (Å²) in [5, 5.41) is 13.8. The lowest BCUT2D eigenvalue weighted by atomic mass is 10.1. The van der Waals surface area contributed by atoms with Gasteiger partial charge >= 0.3 is 0 Å². The molecule has 2 amide bonds. The summed E-state index contributed by atoms with van der Waals surface area (Å²) in [6.07, 6.45) is 0. The Morgan fingerprint density at radius 1 is 1.25 bits per heavy atom. The number of aliphatic hydroxyl groups excluding tert-OH is 1. The molecule has 1 aromatic rings. The number of aliphatic hydroxyl groups is 1. The molecule has 0 aromatic heterocycles. The number of hydrogen-bond donors (Lipinski definition) is 3. The highest BCUT2D eigenvalue weighted by atomic mass is 16.2. The van der Waals surface area contributed by atoms with Gasteiger partial charge < -0.3 is 15.7 Å². The van der Waals surface area contributed by atoms with Crippen LogP contribution in [-0.2, 0) is 4.79 Å². The molecule has 1 aromatic carbocycles. The average Bonchev–Trinajstić information content (AvgIpc) is 2.42. The van der Waals surface area contributed by atoms with Gasteiger partial charge in [-0.05, 0) is 37.6 Å². The van der Waals surface area contributed by atoms with Gasteiger partial charge in [-0.15, -0.1) is 0 Å². The van der Waals surface area contributed by atoms with Crippen molar-refractivity contribution in [2.45, 2.75) is 13.8 Å². The van der Waals surface area contributed by atoms with E-state index in [0.717, 1.165) is 5.56 Å². The van der Waals surface area contributed by atoms with Crippen molar-refractivity contribution in [2.75, 3.05) is 19.7 Å². The summed E-state index contributed by atoms with van der Waals surface area (Å²) in [5.74, 6) is 4.74. The molecular weight excluding hydrogens is 256 g/mol. The summed E-state index contributed by atoms with van der Waals surface area (Å²) in [5.41, 5.74) is 1.98. The van der Waals surface area contributed by atoms with E-state index in [1.165, 1.54) is 0 Å². The molecule has 0 heterocycles. The van der Waals surface area contributed by atoms with Gasteiger partial charge in [0.25, 0.3) is 5.91 Å². The lowest BCUT2D eigenvalue weighted by Crippen LogP contribution is -2.36. The summed E-state index contributed by atoms with van der Waals surface area (Å²) in [4.78, 5) is 23.2. The zero-order valence-electron chi connectivity index (χ0n) is 11.6. The van der Waals surface area contributed by atoms with Crippen LogP contribution in [-0.4, -0.2) is 36.6 Å². The predicted octanol–water partition coefficient (Wildman–Crippen LogP) is 0.205. The van der Waals surface area contributed by atoms with E-state index < -0.39 is 0 Å². The van der Waals surface area contributed by atoms with E-state index in [2.05, 4.69) is 22.5 Å². The SMILES string of the molecule is CCNC(=O)CNC(=O)c1cc(C)cc(C#CCO)c1. The van der Waals surface area contributed by atoms with Crippen LogP contribution in [0.25, 0.3) is 0 Å². The normalized spacial score (nSPS) is 9.35. The monoisotopic (exact) mass is 274 g/mol. The number of carbonyl (C=O) groups is 2. The number of rotatable bonds is 4. The first-order valence-electron chi connectivity index (χ1n) is 6.33. The molecule has 20 heavy (non-hydrogen) atoms. The Balaban J connectivity index is 2.77. The molecule has 0 aliphatic heterocycles. The second kappa shape index (κ2) is 7.97. The maximum Gasteiger partial charge on any atom is 0.251 e. The molecule has 0 saturated carbocycles. The second-order valence-electron chi connectivity index (χ2n) is 4.18. The number of aryl methyl sites for hydroxylation is 1. The fourth-order valence-electron chi connectivity index (χ4n) is 1.65. The van der Waals surface area contributed by atoms with Crippen LogP contribution >= 0.6 is 0 Å². The molecule has 0 bridgehead atoms. The quantitative estimate of drug-likeness (QED) is 0.687. The maximum absolute atomic E-state index is 11.9. The van der Waals surface area contributed by atoms with Gasteiger partial charge in [0.05, 0.1) is 6.54 Å². The first-order chi connectivity index (χ1) is 9.56. The second-order valence-corrected chi connectivity index (χ2v) is 4.18. The third-order valence-electron chi connectivity index (χ3n) is 2.43. The number of hydrogen-bond acceptors (Lipinski definition) is 3. The van der Waals surface area contributed by atoms with Crippen LogP contribution in [0.4, 0.5) is 0 Å². The van der Waals surface area contributed by atoms with Crippen molar-refractivity contribution in [3.8, 4) is 11.8 Å². The lowest BCUT2D eigenvalue weighted by Gasteiger charge is -2.06. The van der Waals surface area contributed by atoms with Gasteiger partial charge in [0.15, 0.2) is 0 Å². The van der Waals surface area contributed by atoms with Crippen LogP contribution in [0.5, 0.6) is 0 Å². The van der Waals surface area contributed by atoms with Crippen molar-refractivity contribution in [3.05, 3.63) is 34.9 Å².